The molecule has 3 rings (SSSR count). The summed E-state index contributed by atoms with van der Waals surface area (Å²) in [7, 11) is 0. The average Bonchev–Trinajstić information content (AvgIpc) is 3.09. The Morgan fingerprint density at radius 3 is 2.04 bits per heavy atom. The molecule has 0 heterocycles. The first-order valence-corrected chi connectivity index (χ1v) is 16.3. The summed E-state index contributed by atoms with van der Waals surface area (Å²) in [5, 5.41) is 15.9. The second-order valence-electron chi connectivity index (χ2n) is 11.6. The molecule has 0 aliphatic carbocycles. The molecule has 0 radical (unpaired) electrons. The molecule has 8 heteroatoms. The number of hydrogen-bond acceptors (Lipinski definition) is 6. The van der Waals surface area contributed by atoms with Crippen LogP contribution in [-0.2, 0) is 38.6 Å². The lowest BCUT2D eigenvalue weighted by Crippen LogP contribution is -2.45. The van der Waals surface area contributed by atoms with Crippen molar-refractivity contribution in [1.82, 2.24) is 10.6 Å². The van der Waals surface area contributed by atoms with E-state index in [9.17, 15) is 19.5 Å². The fourth-order valence-corrected chi connectivity index (χ4v) is 5.10. The van der Waals surface area contributed by atoms with Crippen LogP contribution in [0.15, 0.2) is 110 Å². The number of benzene rings is 3. The van der Waals surface area contributed by atoms with Crippen LogP contribution in [0.1, 0.15) is 55.2 Å². The Morgan fingerprint density at radius 1 is 0.766 bits per heavy atom. The monoisotopic (exact) mass is 640 g/mol. The highest BCUT2D eigenvalue weighted by Crippen LogP contribution is 2.17. The Kier molecular flexibility index (Phi) is 16.6. The maximum absolute atomic E-state index is 13.4. The number of allylic oxidation sites excluding steroid dienone is 2. The van der Waals surface area contributed by atoms with E-state index in [1.54, 1.807) is 6.08 Å². The maximum Gasteiger partial charge on any atom is 0.305 e. The van der Waals surface area contributed by atoms with E-state index in [4.69, 9.17) is 9.47 Å². The summed E-state index contributed by atoms with van der Waals surface area (Å²) in [5.74, 6) is -0.938. The fraction of sp³-hybridized carbons (Fsp3) is 0.359. The first kappa shape index (κ1) is 36.8. The lowest BCUT2D eigenvalue weighted by Gasteiger charge is -2.23. The molecule has 0 aromatic heterocycles. The molecule has 0 saturated carbocycles. The van der Waals surface area contributed by atoms with Crippen molar-refractivity contribution < 1.29 is 29.0 Å². The van der Waals surface area contributed by atoms with Crippen LogP contribution in [0.5, 0.6) is 5.75 Å². The zero-order valence-electron chi connectivity index (χ0n) is 27.2. The van der Waals surface area contributed by atoms with E-state index in [0.717, 1.165) is 35.3 Å². The minimum absolute atomic E-state index is 0.0244. The van der Waals surface area contributed by atoms with Crippen molar-refractivity contribution in [3.8, 4) is 5.75 Å². The largest absolute Gasteiger partial charge is 0.489 e. The van der Waals surface area contributed by atoms with Gasteiger partial charge < -0.3 is 25.2 Å². The first-order chi connectivity index (χ1) is 22.9. The van der Waals surface area contributed by atoms with E-state index < -0.39 is 18.0 Å². The number of hydrogen-bond donors (Lipinski definition) is 3. The van der Waals surface area contributed by atoms with Gasteiger partial charge in [0.15, 0.2) is 0 Å². The number of ether oxygens (including phenoxy) is 2. The maximum atomic E-state index is 13.4. The number of esters is 1. The van der Waals surface area contributed by atoms with Crippen LogP contribution >= 0.6 is 0 Å². The van der Waals surface area contributed by atoms with E-state index in [1.807, 2.05) is 91.0 Å². The Morgan fingerprint density at radius 2 is 1.40 bits per heavy atom. The highest BCUT2D eigenvalue weighted by atomic mass is 16.5. The van der Waals surface area contributed by atoms with Gasteiger partial charge in [-0.1, -0.05) is 84.9 Å². The molecule has 3 aromatic carbocycles. The summed E-state index contributed by atoms with van der Waals surface area (Å²) < 4.78 is 11.4. The van der Waals surface area contributed by atoms with Crippen LogP contribution < -0.4 is 15.4 Å². The van der Waals surface area contributed by atoms with Crippen LogP contribution in [-0.4, -0.2) is 48.2 Å². The zero-order chi connectivity index (χ0) is 33.7. The number of amides is 2. The summed E-state index contributed by atoms with van der Waals surface area (Å²) in [6, 6.07) is 26.1. The van der Waals surface area contributed by atoms with Crippen molar-refractivity contribution in [3.63, 3.8) is 0 Å². The Labute approximate surface area is 278 Å². The van der Waals surface area contributed by atoms with Gasteiger partial charge in [-0.2, -0.15) is 0 Å². The van der Waals surface area contributed by atoms with Gasteiger partial charge in [0, 0.05) is 12.8 Å². The highest BCUT2D eigenvalue weighted by Gasteiger charge is 2.25. The fourth-order valence-electron chi connectivity index (χ4n) is 5.10. The SMILES string of the molecule is C=CCCCCC(=O)OC[C@H](Cc1ccccc1)NC(=O)[C@H](CC=C)CC(=O)N[C@H](CO)Cc1ccc(OCc2ccccc2)cc1. The quantitative estimate of drug-likeness (QED) is 0.0718. The first-order valence-electron chi connectivity index (χ1n) is 16.3. The van der Waals surface area contributed by atoms with Gasteiger partial charge in [-0.3, -0.25) is 14.4 Å². The van der Waals surface area contributed by atoms with Crippen LogP contribution in [0.2, 0.25) is 0 Å². The number of rotatable bonds is 22. The Bertz CT molecular complexity index is 1380. The lowest BCUT2D eigenvalue weighted by molar-refractivity contribution is -0.145. The smallest absolute Gasteiger partial charge is 0.305 e. The summed E-state index contributed by atoms with van der Waals surface area (Å²) in [4.78, 5) is 38.8. The summed E-state index contributed by atoms with van der Waals surface area (Å²) >= 11 is 0. The molecule has 0 fully saturated rings. The third-order valence-corrected chi connectivity index (χ3v) is 7.65. The molecule has 2 amide bonds. The van der Waals surface area contributed by atoms with Gasteiger partial charge >= 0.3 is 5.97 Å². The molecule has 0 saturated heterocycles. The van der Waals surface area contributed by atoms with Crippen molar-refractivity contribution in [2.24, 2.45) is 5.92 Å². The van der Waals surface area contributed by atoms with E-state index in [-0.39, 0.29) is 43.8 Å². The molecule has 47 heavy (non-hydrogen) atoms. The molecular formula is C39H48N2O6. The van der Waals surface area contributed by atoms with E-state index in [1.165, 1.54) is 0 Å². The Hall–Kier alpha value is -4.69. The summed E-state index contributed by atoms with van der Waals surface area (Å²) in [6.07, 6.45) is 7.23. The number of aliphatic hydroxyl groups excluding tert-OH is 1. The molecule has 0 unspecified atom stereocenters. The van der Waals surface area contributed by atoms with Crippen molar-refractivity contribution in [2.45, 2.75) is 70.1 Å². The predicted octanol–water partition coefficient (Wildman–Crippen LogP) is 5.88. The van der Waals surface area contributed by atoms with Gasteiger partial charge in [-0.05, 0) is 67.3 Å². The average molecular weight is 641 g/mol. The minimum Gasteiger partial charge on any atom is -0.489 e. The minimum atomic E-state index is -0.680. The topological polar surface area (TPSA) is 114 Å². The van der Waals surface area contributed by atoms with E-state index >= 15 is 0 Å². The summed E-state index contributed by atoms with van der Waals surface area (Å²) in [6.45, 7) is 7.70. The van der Waals surface area contributed by atoms with Crippen LogP contribution in [0, 0.1) is 5.92 Å². The number of carbonyl (C=O) groups is 3. The van der Waals surface area contributed by atoms with Crippen molar-refractivity contribution in [3.05, 3.63) is 127 Å². The van der Waals surface area contributed by atoms with Gasteiger partial charge in [-0.15, -0.1) is 13.2 Å². The van der Waals surface area contributed by atoms with Gasteiger partial charge in [0.25, 0.3) is 0 Å². The van der Waals surface area contributed by atoms with Crippen LogP contribution in [0.3, 0.4) is 0 Å². The zero-order valence-corrected chi connectivity index (χ0v) is 27.2. The van der Waals surface area contributed by atoms with Gasteiger partial charge in [-0.25, -0.2) is 0 Å². The van der Waals surface area contributed by atoms with E-state index in [0.29, 0.717) is 32.3 Å². The predicted molar refractivity (Wildman–Crippen MR) is 185 cm³/mol. The number of unbranched alkanes of at least 4 members (excludes halogenated alkanes) is 2. The number of carbonyl (C=O) groups excluding carboxylic acids is 3. The molecule has 0 spiro atoms. The Balaban J connectivity index is 1.54. The second-order valence-corrected chi connectivity index (χ2v) is 11.6. The van der Waals surface area contributed by atoms with Crippen molar-refractivity contribution in [1.29, 1.82) is 0 Å². The number of aliphatic hydroxyl groups is 1. The third kappa shape index (κ3) is 14.5. The molecule has 3 N–H and O–H groups in total. The standard InChI is InChI=1S/C39H48N2O6/c1-3-5-6-13-19-38(44)47-29-35(25-30-15-9-7-10-16-30)41-39(45)33(14-4-2)26-37(43)40-34(27-42)24-31-20-22-36(23-21-31)46-28-32-17-11-8-12-18-32/h3-4,7-12,15-18,20-23,33-35,42H,1-2,5-6,13-14,19,24-29H2,(H,40,43)(H,41,45)/t33-,34+,35+/m1/s1. The molecule has 250 valence electrons. The highest BCUT2D eigenvalue weighted by molar-refractivity contribution is 5.86. The van der Waals surface area contributed by atoms with Gasteiger partial charge in [0.05, 0.1) is 24.6 Å². The molecule has 8 nitrogen and oxygen atoms in total. The van der Waals surface area contributed by atoms with Gasteiger partial charge in [0.1, 0.15) is 19.0 Å². The number of nitrogens with one attached hydrogen (secondary N) is 2. The van der Waals surface area contributed by atoms with Crippen molar-refractivity contribution >= 4 is 17.8 Å². The molecule has 3 atom stereocenters. The van der Waals surface area contributed by atoms with Crippen LogP contribution in [0.25, 0.3) is 0 Å². The molecule has 0 aliphatic rings. The van der Waals surface area contributed by atoms with E-state index in [2.05, 4.69) is 23.8 Å². The lowest BCUT2D eigenvalue weighted by atomic mass is 9.98. The molecule has 3 aromatic rings. The summed E-state index contributed by atoms with van der Waals surface area (Å²) in [5.41, 5.74) is 2.99. The third-order valence-electron chi connectivity index (χ3n) is 7.65. The van der Waals surface area contributed by atoms with Crippen LogP contribution in [0.4, 0.5) is 0 Å². The second kappa shape index (κ2) is 21.2. The molecule has 0 bridgehead atoms. The van der Waals surface area contributed by atoms with Gasteiger partial charge in [0.2, 0.25) is 11.8 Å². The molecular weight excluding hydrogens is 592 g/mol. The molecule has 0 aliphatic heterocycles. The normalized spacial score (nSPS) is 12.6. The van der Waals surface area contributed by atoms with Crippen molar-refractivity contribution in [2.75, 3.05) is 13.2 Å².